The van der Waals surface area contributed by atoms with Crippen molar-refractivity contribution in [3.63, 3.8) is 0 Å². The molecule has 1 aromatic heterocycles. The van der Waals surface area contributed by atoms with Gasteiger partial charge in [-0.05, 0) is 36.2 Å². The largest absolute Gasteiger partial charge is 0.331 e. The molecule has 1 aliphatic rings. The van der Waals surface area contributed by atoms with Crippen LogP contribution in [0.2, 0.25) is 0 Å². The number of rotatable bonds is 2. The minimum atomic E-state index is -0.285. The van der Waals surface area contributed by atoms with Crippen LogP contribution in [-0.4, -0.2) is 22.3 Å². The van der Waals surface area contributed by atoms with Crippen LogP contribution >= 0.6 is 0 Å². The van der Waals surface area contributed by atoms with Crippen molar-refractivity contribution in [3.05, 3.63) is 65.2 Å². The average Bonchev–Trinajstić information content (AvgIpc) is 2.48. The van der Waals surface area contributed by atoms with Gasteiger partial charge in [0.15, 0.2) is 0 Å². The predicted octanol–water partition coefficient (Wildman–Crippen LogP) is 2.68. The summed E-state index contributed by atoms with van der Waals surface area (Å²) in [6.45, 7) is 0.668. The maximum Gasteiger partial charge on any atom is 0.255 e. The monoisotopic (exact) mass is 281 g/mol. The van der Waals surface area contributed by atoms with Crippen LogP contribution in [0.1, 0.15) is 34.1 Å². The summed E-state index contributed by atoms with van der Waals surface area (Å²) in [6, 6.07) is 11.2. The predicted molar refractivity (Wildman–Crippen MR) is 73.7 cm³/mol. The minimum Gasteiger partial charge on any atom is -0.331 e. The molecule has 5 heteroatoms. The first-order valence-corrected chi connectivity index (χ1v) is 6.61. The van der Waals surface area contributed by atoms with Crippen LogP contribution in [0.25, 0.3) is 0 Å². The summed E-state index contributed by atoms with van der Waals surface area (Å²) in [5.41, 5.74) is 1.67. The van der Waals surface area contributed by atoms with Crippen LogP contribution in [0.15, 0.2) is 42.6 Å². The van der Waals surface area contributed by atoms with E-state index in [0.717, 1.165) is 12.0 Å². The molecule has 1 atom stereocenters. The van der Waals surface area contributed by atoms with Crippen molar-refractivity contribution in [2.45, 2.75) is 12.5 Å². The molecule has 3 rings (SSSR count). The Morgan fingerprint density at radius 2 is 2.05 bits per heavy atom. The molecule has 104 valence electrons. The highest BCUT2D eigenvalue weighted by Crippen LogP contribution is 2.34. The molecule has 1 aliphatic heterocycles. The summed E-state index contributed by atoms with van der Waals surface area (Å²) in [7, 11) is 0. The minimum absolute atomic E-state index is 0.0197. The number of amides is 1. The molecule has 0 aliphatic carbocycles. The number of benzene rings is 1. The van der Waals surface area contributed by atoms with Gasteiger partial charge in [0.1, 0.15) is 17.6 Å². The van der Waals surface area contributed by atoms with Crippen molar-refractivity contribution in [2.75, 3.05) is 6.54 Å². The summed E-state index contributed by atoms with van der Waals surface area (Å²) in [6.07, 6.45) is 2.28. The normalized spacial score (nSPS) is 17.0. The van der Waals surface area contributed by atoms with Gasteiger partial charge in [0, 0.05) is 12.7 Å². The van der Waals surface area contributed by atoms with E-state index in [1.165, 1.54) is 24.4 Å². The van der Waals surface area contributed by atoms with E-state index in [1.807, 2.05) is 6.07 Å². The molecule has 1 fully saturated rings. The highest BCUT2D eigenvalue weighted by molar-refractivity contribution is 5.94. The van der Waals surface area contributed by atoms with Crippen molar-refractivity contribution in [2.24, 2.45) is 0 Å². The van der Waals surface area contributed by atoms with Crippen LogP contribution < -0.4 is 0 Å². The van der Waals surface area contributed by atoms with E-state index < -0.39 is 0 Å². The lowest BCUT2D eigenvalue weighted by molar-refractivity contribution is 0.0460. The molecular formula is C16H12FN3O. The molecule has 21 heavy (non-hydrogen) atoms. The summed E-state index contributed by atoms with van der Waals surface area (Å²) in [5.74, 6) is -0.403. The van der Waals surface area contributed by atoms with Gasteiger partial charge >= 0.3 is 0 Å². The SMILES string of the molecule is N#Cc1ccc(C(=O)N2CC[C@H]2c2ccc(F)cc2)cn1. The molecule has 0 saturated carbocycles. The van der Waals surface area contributed by atoms with E-state index >= 15 is 0 Å². The number of pyridine rings is 1. The fraction of sp³-hybridized carbons (Fsp3) is 0.188. The van der Waals surface area contributed by atoms with Gasteiger partial charge in [0.05, 0.1) is 11.6 Å². The van der Waals surface area contributed by atoms with Crippen LogP contribution in [0.4, 0.5) is 4.39 Å². The molecule has 2 heterocycles. The van der Waals surface area contributed by atoms with Crippen LogP contribution in [0, 0.1) is 17.1 Å². The van der Waals surface area contributed by atoms with Crippen molar-refractivity contribution in [3.8, 4) is 6.07 Å². The second-order valence-electron chi connectivity index (χ2n) is 4.90. The zero-order valence-corrected chi connectivity index (χ0v) is 11.2. The Hall–Kier alpha value is -2.74. The van der Waals surface area contributed by atoms with Crippen molar-refractivity contribution in [1.29, 1.82) is 5.26 Å². The maximum atomic E-state index is 12.9. The van der Waals surface area contributed by atoms with Crippen molar-refractivity contribution < 1.29 is 9.18 Å². The third kappa shape index (κ3) is 2.48. The van der Waals surface area contributed by atoms with Gasteiger partial charge < -0.3 is 4.90 Å². The van der Waals surface area contributed by atoms with E-state index in [9.17, 15) is 9.18 Å². The molecule has 0 radical (unpaired) electrons. The summed E-state index contributed by atoms with van der Waals surface area (Å²) in [5, 5.41) is 8.71. The Bertz CT molecular complexity index is 704. The first kappa shape index (κ1) is 13.3. The zero-order chi connectivity index (χ0) is 14.8. The number of nitrogens with zero attached hydrogens (tertiary/aromatic N) is 3. The van der Waals surface area contributed by atoms with E-state index in [1.54, 1.807) is 23.1 Å². The third-order valence-electron chi connectivity index (χ3n) is 3.66. The summed E-state index contributed by atoms with van der Waals surface area (Å²) >= 11 is 0. The highest BCUT2D eigenvalue weighted by Gasteiger charge is 2.33. The lowest BCUT2D eigenvalue weighted by atomic mass is 9.94. The lowest BCUT2D eigenvalue weighted by Crippen LogP contribution is -2.45. The second kappa shape index (κ2) is 5.33. The van der Waals surface area contributed by atoms with Gasteiger partial charge in [-0.15, -0.1) is 0 Å². The molecule has 0 unspecified atom stereocenters. The van der Waals surface area contributed by atoms with E-state index in [0.29, 0.717) is 12.1 Å². The second-order valence-corrected chi connectivity index (χ2v) is 4.90. The first-order valence-electron chi connectivity index (χ1n) is 6.61. The quantitative estimate of drug-likeness (QED) is 0.850. The van der Waals surface area contributed by atoms with E-state index in [4.69, 9.17) is 5.26 Å². The fourth-order valence-electron chi connectivity index (χ4n) is 2.41. The number of aromatic nitrogens is 1. The van der Waals surface area contributed by atoms with E-state index in [2.05, 4.69) is 4.98 Å². The van der Waals surface area contributed by atoms with Gasteiger partial charge in [0.25, 0.3) is 5.91 Å². The van der Waals surface area contributed by atoms with Gasteiger partial charge in [-0.3, -0.25) is 4.79 Å². The highest BCUT2D eigenvalue weighted by atomic mass is 19.1. The molecular weight excluding hydrogens is 269 g/mol. The molecule has 0 bridgehead atoms. The number of hydrogen-bond acceptors (Lipinski definition) is 3. The van der Waals surface area contributed by atoms with Gasteiger partial charge in [-0.1, -0.05) is 12.1 Å². The van der Waals surface area contributed by atoms with E-state index in [-0.39, 0.29) is 23.5 Å². The average molecular weight is 281 g/mol. The summed E-state index contributed by atoms with van der Waals surface area (Å²) < 4.78 is 12.9. The first-order chi connectivity index (χ1) is 10.2. The smallest absolute Gasteiger partial charge is 0.255 e. The van der Waals surface area contributed by atoms with Crippen LogP contribution in [0.3, 0.4) is 0 Å². The number of halogens is 1. The zero-order valence-electron chi connectivity index (χ0n) is 11.2. The Morgan fingerprint density at radius 1 is 1.29 bits per heavy atom. The Balaban J connectivity index is 1.78. The number of hydrogen-bond donors (Lipinski definition) is 0. The molecule has 0 spiro atoms. The molecule has 1 amide bonds. The van der Waals surface area contributed by atoms with Crippen LogP contribution in [0.5, 0.6) is 0 Å². The number of likely N-dealkylation sites (tertiary alicyclic amines) is 1. The van der Waals surface area contributed by atoms with Crippen molar-refractivity contribution >= 4 is 5.91 Å². The third-order valence-corrected chi connectivity index (χ3v) is 3.66. The molecule has 1 aromatic carbocycles. The number of nitriles is 1. The Kier molecular flexibility index (Phi) is 3.36. The van der Waals surface area contributed by atoms with Gasteiger partial charge in [-0.25, -0.2) is 9.37 Å². The number of carbonyl (C=O) groups excluding carboxylic acids is 1. The fourth-order valence-corrected chi connectivity index (χ4v) is 2.41. The number of carbonyl (C=O) groups is 1. The topological polar surface area (TPSA) is 57.0 Å². The standard InChI is InChI=1S/C16H12FN3O/c17-13-4-1-11(2-5-13)15-7-8-20(15)16(21)12-3-6-14(9-18)19-10-12/h1-6,10,15H,7-8H2/t15-/m0/s1. The van der Waals surface area contributed by atoms with Crippen LogP contribution in [-0.2, 0) is 0 Å². The lowest BCUT2D eigenvalue weighted by Gasteiger charge is -2.41. The van der Waals surface area contributed by atoms with Gasteiger partial charge in [0.2, 0.25) is 0 Å². The van der Waals surface area contributed by atoms with Gasteiger partial charge in [-0.2, -0.15) is 5.26 Å². The summed E-state index contributed by atoms with van der Waals surface area (Å²) in [4.78, 5) is 18.0. The molecule has 0 N–H and O–H groups in total. The molecule has 4 nitrogen and oxygen atoms in total. The molecule has 2 aromatic rings. The maximum absolute atomic E-state index is 12.9. The van der Waals surface area contributed by atoms with Crippen molar-refractivity contribution in [1.82, 2.24) is 9.88 Å². The Labute approximate surface area is 121 Å². The Morgan fingerprint density at radius 3 is 2.57 bits per heavy atom. The molecule has 1 saturated heterocycles.